The van der Waals surface area contributed by atoms with Gasteiger partial charge in [0.25, 0.3) is 5.69 Å². The van der Waals surface area contributed by atoms with E-state index in [2.05, 4.69) is 4.99 Å². The summed E-state index contributed by atoms with van der Waals surface area (Å²) in [4.78, 5) is 40.7. The van der Waals surface area contributed by atoms with Crippen molar-refractivity contribution in [2.75, 3.05) is 18.6 Å². The number of hydrogen-bond donors (Lipinski definition) is 3. The molecule has 0 saturated heterocycles. The number of thioether (sulfide) groups is 2. The number of aliphatic imine (C=N–C) groups is 1. The van der Waals surface area contributed by atoms with E-state index in [1.807, 2.05) is 0 Å². The summed E-state index contributed by atoms with van der Waals surface area (Å²) in [6, 6.07) is 2.59. The van der Waals surface area contributed by atoms with E-state index in [0.717, 1.165) is 29.5 Å². The number of aliphatic carboxylic acids is 1. The third-order valence-electron chi connectivity index (χ3n) is 4.99. The number of aliphatic hydroxyl groups excluding tert-OH is 1. The Balaban J connectivity index is 2.56. The van der Waals surface area contributed by atoms with Gasteiger partial charge in [0.1, 0.15) is 5.92 Å². The molecule has 1 amide bonds. The number of hydrogen-bond acceptors (Lipinski definition) is 8. The minimum atomic E-state index is -1.30. The smallest absolute Gasteiger partial charge is 0.413 e. The van der Waals surface area contributed by atoms with Crippen molar-refractivity contribution in [1.29, 1.82) is 0 Å². The maximum atomic E-state index is 12.1. The first-order chi connectivity index (χ1) is 14.7. The van der Waals surface area contributed by atoms with Crippen LogP contribution in [-0.4, -0.2) is 67.0 Å². The van der Waals surface area contributed by atoms with E-state index in [-0.39, 0.29) is 17.5 Å². The third kappa shape index (κ3) is 5.69. The topological polar surface area (TPSA) is 154 Å². The number of carboxylic acids is 1. The maximum Gasteiger partial charge on any atom is 0.413 e. The van der Waals surface area contributed by atoms with Crippen molar-refractivity contribution in [1.82, 2.24) is 4.90 Å². The summed E-state index contributed by atoms with van der Waals surface area (Å²) in [6.45, 7) is 1.58. The van der Waals surface area contributed by atoms with Crippen molar-refractivity contribution >= 4 is 46.4 Å². The van der Waals surface area contributed by atoms with Gasteiger partial charge in [-0.1, -0.05) is 30.3 Å². The van der Waals surface area contributed by atoms with Crippen LogP contribution in [0, 0.1) is 16.0 Å². The zero-order valence-corrected chi connectivity index (χ0v) is 18.8. The molecule has 3 unspecified atom stereocenters. The van der Waals surface area contributed by atoms with E-state index in [1.54, 1.807) is 12.3 Å². The van der Waals surface area contributed by atoms with Gasteiger partial charge in [0.2, 0.25) is 0 Å². The lowest BCUT2D eigenvalue weighted by Gasteiger charge is -2.38. The van der Waals surface area contributed by atoms with Crippen LogP contribution in [0.1, 0.15) is 37.8 Å². The number of benzene rings is 1. The number of aliphatic hydroxyl groups is 1. The maximum absolute atomic E-state index is 12.1. The standard InChI is InChI=1S/C19H25N3O7S2/c1-11-14(17(24)25)15(20-18(30-2)21(11)19(26)27)12-7-6-8-13(22(28)29)16(12)31-10-5-3-4-9-23/h6-8,11,14-15,23H,3-5,9-10H2,1-2H3,(H,24,25)(H,26,27). The lowest BCUT2D eigenvalue weighted by Crippen LogP contribution is -2.52. The number of amidine groups is 1. The number of unbranched alkanes of at least 4 members (excludes halogenated alkanes) is 2. The summed E-state index contributed by atoms with van der Waals surface area (Å²) in [6.07, 6.45) is 2.47. The molecule has 1 aromatic rings. The zero-order chi connectivity index (χ0) is 23.1. The minimum Gasteiger partial charge on any atom is -0.481 e. The van der Waals surface area contributed by atoms with E-state index in [0.29, 0.717) is 22.6 Å². The largest absolute Gasteiger partial charge is 0.481 e. The van der Waals surface area contributed by atoms with Crippen molar-refractivity contribution < 1.29 is 29.8 Å². The summed E-state index contributed by atoms with van der Waals surface area (Å²) in [5.74, 6) is -1.88. The van der Waals surface area contributed by atoms with Gasteiger partial charge in [0, 0.05) is 12.7 Å². The molecule has 0 radical (unpaired) electrons. The molecule has 0 bridgehead atoms. The van der Waals surface area contributed by atoms with Gasteiger partial charge in [0.15, 0.2) is 5.17 Å². The fraction of sp³-hybridized carbons (Fsp3) is 0.526. The normalized spacial score (nSPS) is 20.9. The van der Waals surface area contributed by atoms with Crippen LogP contribution in [0.25, 0.3) is 0 Å². The molecule has 1 aliphatic heterocycles. The Labute approximate surface area is 187 Å². The van der Waals surface area contributed by atoms with Gasteiger partial charge in [-0.15, -0.1) is 11.8 Å². The fourth-order valence-corrected chi connectivity index (χ4v) is 5.37. The first kappa shape index (κ1) is 25.0. The van der Waals surface area contributed by atoms with Crippen LogP contribution in [0.5, 0.6) is 0 Å². The molecule has 1 heterocycles. The van der Waals surface area contributed by atoms with E-state index >= 15 is 0 Å². The van der Waals surface area contributed by atoms with E-state index in [9.17, 15) is 29.9 Å². The summed E-state index contributed by atoms with van der Waals surface area (Å²) < 4.78 is 0. The quantitative estimate of drug-likeness (QED) is 0.212. The van der Waals surface area contributed by atoms with Crippen molar-refractivity contribution in [2.24, 2.45) is 10.9 Å². The van der Waals surface area contributed by atoms with Crippen LogP contribution in [0.2, 0.25) is 0 Å². The average molecular weight is 472 g/mol. The Hall–Kier alpha value is -2.31. The van der Waals surface area contributed by atoms with Crippen LogP contribution in [-0.2, 0) is 4.79 Å². The van der Waals surface area contributed by atoms with Gasteiger partial charge in [-0.25, -0.2) is 4.79 Å². The molecule has 3 N–H and O–H groups in total. The lowest BCUT2D eigenvalue weighted by atomic mass is 9.86. The predicted octanol–water partition coefficient (Wildman–Crippen LogP) is 3.69. The van der Waals surface area contributed by atoms with Crippen molar-refractivity contribution in [3.05, 3.63) is 33.9 Å². The molecule has 0 spiro atoms. The molecule has 1 aromatic carbocycles. The summed E-state index contributed by atoms with van der Waals surface area (Å²) >= 11 is 2.33. The Kier molecular flexibility index (Phi) is 9.14. The Bertz CT molecular complexity index is 865. The monoisotopic (exact) mass is 471 g/mol. The molecule has 0 aliphatic carbocycles. The second kappa shape index (κ2) is 11.3. The first-order valence-corrected chi connectivity index (χ1v) is 11.8. The molecule has 0 fully saturated rings. The number of nitro groups is 1. The minimum absolute atomic E-state index is 0.0773. The van der Waals surface area contributed by atoms with Gasteiger partial charge < -0.3 is 15.3 Å². The molecule has 3 atom stereocenters. The van der Waals surface area contributed by atoms with Crippen molar-refractivity contribution in [3.63, 3.8) is 0 Å². The number of rotatable bonds is 9. The number of amides is 1. The van der Waals surface area contributed by atoms with Gasteiger partial charge in [-0.05, 0) is 37.3 Å². The molecule has 170 valence electrons. The first-order valence-electron chi connectivity index (χ1n) is 9.62. The molecule has 0 saturated carbocycles. The number of carbonyl (C=O) groups is 2. The van der Waals surface area contributed by atoms with Crippen LogP contribution >= 0.6 is 23.5 Å². The molecule has 2 rings (SSSR count). The van der Waals surface area contributed by atoms with E-state index < -0.39 is 35.0 Å². The number of nitrogens with zero attached hydrogens (tertiary/aromatic N) is 3. The highest BCUT2D eigenvalue weighted by Gasteiger charge is 2.45. The molecule has 12 heteroatoms. The molecule has 10 nitrogen and oxygen atoms in total. The fourth-order valence-electron chi connectivity index (χ4n) is 3.51. The van der Waals surface area contributed by atoms with Gasteiger partial charge in [0.05, 0.1) is 21.9 Å². The highest BCUT2D eigenvalue weighted by Crippen LogP contribution is 2.44. The number of nitro benzene ring substituents is 1. The van der Waals surface area contributed by atoms with Gasteiger partial charge in [-0.3, -0.25) is 24.8 Å². The van der Waals surface area contributed by atoms with E-state index in [1.165, 1.54) is 30.8 Å². The van der Waals surface area contributed by atoms with Crippen LogP contribution in [0.4, 0.5) is 10.5 Å². The van der Waals surface area contributed by atoms with Crippen LogP contribution in [0.3, 0.4) is 0 Å². The Morgan fingerprint density at radius 1 is 1.26 bits per heavy atom. The number of carboxylic acid groups (broad SMARTS) is 2. The lowest BCUT2D eigenvalue weighted by molar-refractivity contribution is -0.387. The molecule has 0 aromatic heterocycles. The average Bonchev–Trinajstić information content (AvgIpc) is 2.71. The third-order valence-corrected chi connectivity index (χ3v) is 6.88. The predicted molar refractivity (Wildman–Crippen MR) is 119 cm³/mol. The van der Waals surface area contributed by atoms with Crippen molar-refractivity contribution in [2.45, 2.75) is 43.2 Å². The molecular weight excluding hydrogens is 446 g/mol. The Morgan fingerprint density at radius 3 is 2.52 bits per heavy atom. The highest BCUT2D eigenvalue weighted by atomic mass is 32.2. The summed E-state index contributed by atoms with van der Waals surface area (Å²) in [5, 5.41) is 40.1. The summed E-state index contributed by atoms with van der Waals surface area (Å²) in [5.41, 5.74) is 0.264. The van der Waals surface area contributed by atoms with Crippen LogP contribution < -0.4 is 0 Å². The summed E-state index contributed by atoms with van der Waals surface area (Å²) in [7, 11) is 0. The molecule has 1 aliphatic rings. The second-order valence-electron chi connectivity index (χ2n) is 6.90. The highest BCUT2D eigenvalue weighted by molar-refractivity contribution is 8.13. The second-order valence-corrected chi connectivity index (χ2v) is 8.78. The zero-order valence-electron chi connectivity index (χ0n) is 17.1. The van der Waals surface area contributed by atoms with Gasteiger partial charge in [-0.2, -0.15) is 0 Å². The molecule has 31 heavy (non-hydrogen) atoms. The van der Waals surface area contributed by atoms with Crippen LogP contribution in [0.15, 0.2) is 28.1 Å². The van der Waals surface area contributed by atoms with E-state index in [4.69, 9.17) is 5.11 Å². The Morgan fingerprint density at radius 2 is 1.97 bits per heavy atom. The van der Waals surface area contributed by atoms with Gasteiger partial charge >= 0.3 is 12.1 Å². The SMILES string of the molecule is CSC1=NC(c2cccc([N+](=O)[O-])c2SCCCCCO)C(C(=O)O)C(C)N1C(=O)O. The van der Waals surface area contributed by atoms with Crippen molar-refractivity contribution in [3.8, 4) is 0 Å². The molecular formula is C19H25N3O7S2.